The lowest BCUT2D eigenvalue weighted by atomic mass is 9.46. The number of rotatable bonds is 4. The van der Waals surface area contributed by atoms with E-state index in [9.17, 15) is 10.1 Å². The second kappa shape index (κ2) is 4.62. The molecule has 4 fully saturated rings. The highest BCUT2D eigenvalue weighted by molar-refractivity contribution is 5.84. The Morgan fingerprint density at radius 3 is 2.00 bits per heavy atom. The molecule has 4 aliphatic carbocycles. The van der Waals surface area contributed by atoms with Crippen LogP contribution < -0.4 is 0 Å². The van der Waals surface area contributed by atoms with Gasteiger partial charge >= 0.3 is 0 Å². The molecule has 19 heavy (non-hydrogen) atoms. The minimum Gasteiger partial charge on any atom is -0.298 e. The lowest BCUT2D eigenvalue weighted by molar-refractivity contribution is -0.134. The van der Waals surface area contributed by atoms with Crippen LogP contribution in [0.15, 0.2) is 0 Å². The zero-order valence-electron chi connectivity index (χ0n) is 12.2. The molecule has 4 aliphatic rings. The average Bonchev–Trinajstić information content (AvgIpc) is 2.25. The Kier molecular flexibility index (Phi) is 3.20. The van der Waals surface area contributed by atoms with Crippen molar-refractivity contribution in [2.45, 2.75) is 58.8 Å². The van der Waals surface area contributed by atoms with Crippen LogP contribution in [0.1, 0.15) is 58.8 Å². The molecule has 0 amide bonds. The van der Waals surface area contributed by atoms with Crippen molar-refractivity contribution in [1.82, 2.24) is 0 Å². The average molecular weight is 259 g/mol. The molecule has 0 spiro atoms. The van der Waals surface area contributed by atoms with Gasteiger partial charge in [-0.3, -0.25) is 4.79 Å². The zero-order valence-corrected chi connectivity index (χ0v) is 12.2. The molecule has 2 heteroatoms. The van der Waals surface area contributed by atoms with Crippen LogP contribution in [-0.4, -0.2) is 5.78 Å². The summed E-state index contributed by atoms with van der Waals surface area (Å²) in [6.45, 7) is 4.15. The van der Waals surface area contributed by atoms with Crippen LogP contribution in [0, 0.1) is 46.3 Å². The zero-order chi connectivity index (χ0) is 13.6. The molecule has 1 atom stereocenters. The first-order valence-electron chi connectivity index (χ1n) is 7.95. The molecule has 0 aromatic rings. The van der Waals surface area contributed by atoms with Crippen molar-refractivity contribution < 1.29 is 4.79 Å². The van der Waals surface area contributed by atoms with Gasteiger partial charge in [0.25, 0.3) is 0 Å². The predicted molar refractivity (Wildman–Crippen MR) is 74.2 cm³/mol. The second-order valence-electron chi connectivity index (χ2n) is 7.91. The van der Waals surface area contributed by atoms with Gasteiger partial charge in [-0.25, -0.2) is 0 Å². The predicted octanol–water partition coefficient (Wildman–Crippen LogP) is 3.96. The van der Waals surface area contributed by atoms with E-state index in [-0.39, 0.29) is 17.1 Å². The molecule has 0 N–H and O–H groups in total. The number of nitrogens with zero attached hydrogens (tertiary/aromatic N) is 1. The van der Waals surface area contributed by atoms with Gasteiger partial charge in [-0.15, -0.1) is 0 Å². The third-order valence-electron chi connectivity index (χ3n) is 5.76. The van der Waals surface area contributed by atoms with Gasteiger partial charge in [-0.05, 0) is 67.6 Å². The fourth-order valence-corrected chi connectivity index (χ4v) is 5.60. The van der Waals surface area contributed by atoms with E-state index in [1.54, 1.807) is 0 Å². The van der Waals surface area contributed by atoms with Crippen molar-refractivity contribution in [2.24, 2.45) is 35.0 Å². The van der Waals surface area contributed by atoms with Crippen molar-refractivity contribution in [3.63, 3.8) is 0 Å². The highest BCUT2D eigenvalue weighted by Crippen LogP contribution is 2.62. The first kappa shape index (κ1) is 13.2. The molecule has 2 nitrogen and oxygen atoms in total. The van der Waals surface area contributed by atoms with E-state index in [0.29, 0.717) is 12.3 Å². The highest BCUT2D eigenvalue weighted by atomic mass is 16.1. The Bertz CT molecular complexity index is 382. The summed E-state index contributed by atoms with van der Waals surface area (Å²) < 4.78 is 0. The minimum atomic E-state index is -0.316. The maximum atomic E-state index is 12.5. The molecular weight excluding hydrogens is 234 g/mol. The summed E-state index contributed by atoms with van der Waals surface area (Å²) in [5.74, 6) is 2.72. The van der Waals surface area contributed by atoms with Gasteiger partial charge in [0.2, 0.25) is 0 Å². The van der Waals surface area contributed by atoms with Gasteiger partial charge in [0.05, 0.1) is 6.07 Å². The van der Waals surface area contributed by atoms with E-state index in [4.69, 9.17) is 0 Å². The molecule has 4 saturated carbocycles. The van der Waals surface area contributed by atoms with Gasteiger partial charge in [-0.2, -0.15) is 5.26 Å². The normalized spacial score (nSPS) is 41.3. The standard InChI is InChI=1S/C17H25NO/c1-11(2)3-16(19)15(10-18)17-7-12-4-13(8-17)6-14(5-12)9-17/h11-15H,3-9H2,1-2H3. The summed E-state index contributed by atoms with van der Waals surface area (Å²) in [6, 6.07) is 2.41. The van der Waals surface area contributed by atoms with E-state index in [0.717, 1.165) is 37.0 Å². The molecule has 1 unspecified atom stereocenters. The highest BCUT2D eigenvalue weighted by Gasteiger charge is 2.55. The molecule has 0 aromatic carbocycles. The SMILES string of the molecule is CC(C)CC(=O)C(C#N)C12CC3CC(CC(C3)C1)C2. The van der Waals surface area contributed by atoms with Crippen LogP contribution in [0.2, 0.25) is 0 Å². The van der Waals surface area contributed by atoms with Gasteiger partial charge in [0.15, 0.2) is 5.78 Å². The number of nitriles is 1. The summed E-state index contributed by atoms with van der Waals surface area (Å²) in [6.07, 6.45) is 8.16. The summed E-state index contributed by atoms with van der Waals surface area (Å²) in [5, 5.41) is 9.60. The Labute approximate surface area is 116 Å². The number of carbonyl (C=O) groups excluding carboxylic acids is 1. The first-order valence-corrected chi connectivity index (χ1v) is 7.95. The molecule has 0 heterocycles. The number of Topliss-reactive ketones (excluding diaryl/α,β-unsaturated/α-hetero) is 1. The van der Waals surface area contributed by atoms with E-state index in [1.165, 1.54) is 19.3 Å². The van der Waals surface area contributed by atoms with E-state index >= 15 is 0 Å². The maximum absolute atomic E-state index is 12.5. The van der Waals surface area contributed by atoms with Crippen LogP contribution in [0.5, 0.6) is 0 Å². The van der Waals surface area contributed by atoms with Crippen molar-refractivity contribution in [3.8, 4) is 6.07 Å². The lowest BCUT2D eigenvalue weighted by Crippen LogP contribution is -2.51. The van der Waals surface area contributed by atoms with E-state index < -0.39 is 0 Å². The topological polar surface area (TPSA) is 40.9 Å². The third-order valence-corrected chi connectivity index (χ3v) is 5.76. The second-order valence-corrected chi connectivity index (χ2v) is 7.91. The van der Waals surface area contributed by atoms with E-state index in [1.807, 2.05) is 0 Å². The van der Waals surface area contributed by atoms with Crippen molar-refractivity contribution in [2.75, 3.05) is 0 Å². The Balaban J connectivity index is 1.83. The van der Waals surface area contributed by atoms with E-state index in [2.05, 4.69) is 19.9 Å². The van der Waals surface area contributed by atoms with Crippen molar-refractivity contribution in [3.05, 3.63) is 0 Å². The maximum Gasteiger partial charge on any atom is 0.150 e. The molecule has 4 rings (SSSR count). The fourth-order valence-electron chi connectivity index (χ4n) is 5.60. The van der Waals surface area contributed by atoms with Crippen LogP contribution in [0.25, 0.3) is 0 Å². The molecule has 0 saturated heterocycles. The van der Waals surface area contributed by atoms with Gasteiger partial charge in [0.1, 0.15) is 5.92 Å². The molecule has 0 radical (unpaired) electrons. The number of carbonyl (C=O) groups is 1. The molecular formula is C17H25NO. The smallest absolute Gasteiger partial charge is 0.150 e. The quantitative estimate of drug-likeness (QED) is 0.766. The van der Waals surface area contributed by atoms with Crippen LogP contribution in [0.3, 0.4) is 0 Å². The van der Waals surface area contributed by atoms with Gasteiger partial charge in [-0.1, -0.05) is 13.8 Å². The molecule has 104 valence electrons. The Morgan fingerprint density at radius 2 is 1.63 bits per heavy atom. The lowest BCUT2D eigenvalue weighted by Gasteiger charge is -2.58. The third kappa shape index (κ3) is 2.22. The summed E-state index contributed by atoms with van der Waals surface area (Å²) in [5.41, 5.74) is 0.0650. The molecule has 0 aliphatic heterocycles. The van der Waals surface area contributed by atoms with Crippen LogP contribution in [0.4, 0.5) is 0 Å². The Morgan fingerprint density at radius 1 is 1.16 bits per heavy atom. The number of hydrogen-bond acceptors (Lipinski definition) is 2. The van der Waals surface area contributed by atoms with Crippen LogP contribution >= 0.6 is 0 Å². The summed E-state index contributed by atoms with van der Waals surface area (Å²) in [7, 11) is 0. The molecule has 4 bridgehead atoms. The minimum absolute atomic E-state index is 0.0650. The summed E-state index contributed by atoms with van der Waals surface area (Å²) >= 11 is 0. The van der Waals surface area contributed by atoms with Gasteiger partial charge < -0.3 is 0 Å². The van der Waals surface area contributed by atoms with Crippen LogP contribution in [-0.2, 0) is 4.79 Å². The monoisotopic (exact) mass is 259 g/mol. The van der Waals surface area contributed by atoms with Crippen molar-refractivity contribution >= 4 is 5.78 Å². The number of hydrogen-bond donors (Lipinski definition) is 0. The van der Waals surface area contributed by atoms with Gasteiger partial charge in [0, 0.05) is 6.42 Å². The summed E-state index contributed by atoms with van der Waals surface area (Å²) in [4.78, 5) is 12.5. The van der Waals surface area contributed by atoms with Crippen molar-refractivity contribution in [1.29, 1.82) is 5.26 Å². The Hall–Kier alpha value is -0.840. The fraction of sp³-hybridized carbons (Fsp3) is 0.882. The number of ketones is 1. The largest absolute Gasteiger partial charge is 0.298 e. The first-order chi connectivity index (χ1) is 9.02. The molecule has 0 aromatic heterocycles.